The minimum atomic E-state index is -0.175. The third kappa shape index (κ3) is 3.63. The topological polar surface area (TPSA) is 52.4 Å². The van der Waals surface area contributed by atoms with Gasteiger partial charge in [-0.2, -0.15) is 5.10 Å². The number of aromatic nitrogens is 3. The molecule has 0 saturated carbocycles. The molecule has 2 saturated heterocycles. The molecular weight excluding hydrogens is 312 g/mol. The van der Waals surface area contributed by atoms with Crippen LogP contribution in [0.3, 0.4) is 0 Å². The van der Waals surface area contributed by atoms with Gasteiger partial charge in [-0.05, 0) is 18.9 Å². The average molecular weight is 334 g/mol. The van der Waals surface area contributed by atoms with Crippen molar-refractivity contribution in [2.24, 2.45) is 0 Å². The second-order valence-corrected chi connectivity index (χ2v) is 7.36. The first-order chi connectivity index (χ1) is 11.3. The summed E-state index contributed by atoms with van der Waals surface area (Å²) in [5.74, 6) is 0. The van der Waals surface area contributed by atoms with Gasteiger partial charge in [0.25, 0.3) is 0 Å². The van der Waals surface area contributed by atoms with E-state index in [0.717, 1.165) is 50.6 Å². The van der Waals surface area contributed by atoms with Crippen LogP contribution in [0.1, 0.15) is 17.8 Å². The highest BCUT2D eigenvalue weighted by molar-refractivity contribution is 7.09. The number of thiazole rings is 1. The van der Waals surface area contributed by atoms with Gasteiger partial charge < -0.3 is 9.47 Å². The summed E-state index contributed by atoms with van der Waals surface area (Å²) in [6.45, 7) is 5.02. The van der Waals surface area contributed by atoms with Gasteiger partial charge in [-0.15, -0.1) is 11.3 Å². The van der Waals surface area contributed by atoms with Crippen molar-refractivity contribution in [2.45, 2.75) is 37.6 Å². The van der Waals surface area contributed by atoms with Crippen LogP contribution in [0.5, 0.6) is 0 Å². The Morgan fingerprint density at radius 1 is 1.39 bits per heavy atom. The Bertz CT molecular complexity index is 604. The molecule has 2 aliphatic heterocycles. The molecule has 2 fully saturated rings. The highest BCUT2D eigenvalue weighted by Crippen LogP contribution is 2.34. The smallest absolute Gasteiger partial charge is 0.107 e. The lowest BCUT2D eigenvalue weighted by molar-refractivity contribution is -0.0904. The minimum absolute atomic E-state index is 0.175. The maximum Gasteiger partial charge on any atom is 0.107 e. The van der Waals surface area contributed by atoms with E-state index in [0.29, 0.717) is 6.61 Å². The lowest BCUT2D eigenvalue weighted by atomic mass is 10.00. The van der Waals surface area contributed by atoms with Crippen molar-refractivity contribution in [2.75, 3.05) is 26.3 Å². The van der Waals surface area contributed by atoms with Crippen molar-refractivity contribution in [1.82, 2.24) is 19.7 Å². The molecule has 2 atom stereocenters. The third-order valence-corrected chi connectivity index (χ3v) is 5.32. The fraction of sp³-hybridized carbons (Fsp3) is 0.625. The molecule has 4 heterocycles. The highest BCUT2D eigenvalue weighted by atomic mass is 32.1. The molecule has 2 aliphatic rings. The van der Waals surface area contributed by atoms with Gasteiger partial charge in [0.2, 0.25) is 0 Å². The van der Waals surface area contributed by atoms with E-state index >= 15 is 0 Å². The SMILES string of the molecule is c1cnn(C[C@H]2CC[C@@]3(COCCN(Cc4nccs4)C3)O2)c1. The summed E-state index contributed by atoms with van der Waals surface area (Å²) in [6, 6.07) is 1.95. The summed E-state index contributed by atoms with van der Waals surface area (Å²) >= 11 is 1.71. The fourth-order valence-corrected chi connectivity index (χ4v) is 4.16. The zero-order chi connectivity index (χ0) is 15.5. The van der Waals surface area contributed by atoms with Gasteiger partial charge in [0.05, 0.1) is 32.4 Å². The average Bonchev–Trinajstić information content (AvgIpc) is 3.25. The number of ether oxygens (including phenoxy) is 2. The Morgan fingerprint density at radius 3 is 3.22 bits per heavy atom. The molecule has 0 unspecified atom stereocenters. The van der Waals surface area contributed by atoms with Gasteiger partial charge in [0.1, 0.15) is 10.6 Å². The molecule has 0 aromatic carbocycles. The lowest BCUT2D eigenvalue weighted by Crippen LogP contribution is -2.44. The predicted molar refractivity (Wildman–Crippen MR) is 87.3 cm³/mol. The Hall–Kier alpha value is -1.28. The first-order valence-electron chi connectivity index (χ1n) is 8.15. The van der Waals surface area contributed by atoms with Gasteiger partial charge in [-0.3, -0.25) is 9.58 Å². The molecule has 0 bridgehead atoms. The van der Waals surface area contributed by atoms with Crippen LogP contribution in [0, 0.1) is 0 Å². The summed E-state index contributed by atoms with van der Waals surface area (Å²) < 4.78 is 14.3. The number of hydrogen-bond donors (Lipinski definition) is 0. The monoisotopic (exact) mass is 334 g/mol. The van der Waals surface area contributed by atoms with Gasteiger partial charge in [0.15, 0.2) is 0 Å². The molecule has 7 heteroatoms. The van der Waals surface area contributed by atoms with E-state index in [1.165, 1.54) is 0 Å². The summed E-state index contributed by atoms with van der Waals surface area (Å²) in [7, 11) is 0. The predicted octanol–water partition coefficient (Wildman–Crippen LogP) is 1.79. The number of rotatable bonds is 4. The molecule has 0 amide bonds. The van der Waals surface area contributed by atoms with Crippen molar-refractivity contribution in [3.8, 4) is 0 Å². The molecule has 23 heavy (non-hydrogen) atoms. The van der Waals surface area contributed by atoms with E-state index in [1.807, 2.05) is 34.7 Å². The second kappa shape index (κ2) is 6.68. The molecule has 124 valence electrons. The molecular formula is C16H22N4O2S. The Labute approximate surface area is 140 Å². The third-order valence-electron chi connectivity index (χ3n) is 4.56. The molecule has 4 rings (SSSR count). The molecule has 0 N–H and O–H groups in total. The van der Waals surface area contributed by atoms with Crippen molar-refractivity contribution >= 4 is 11.3 Å². The van der Waals surface area contributed by atoms with Crippen molar-refractivity contribution < 1.29 is 9.47 Å². The van der Waals surface area contributed by atoms with Gasteiger partial charge >= 0.3 is 0 Å². The Morgan fingerprint density at radius 2 is 2.39 bits per heavy atom. The zero-order valence-corrected chi connectivity index (χ0v) is 14.0. The maximum atomic E-state index is 6.45. The molecule has 6 nitrogen and oxygen atoms in total. The summed E-state index contributed by atoms with van der Waals surface area (Å²) in [5.41, 5.74) is -0.175. The summed E-state index contributed by atoms with van der Waals surface area (Å²) in [4.78, 5) is 6.82. The quantitative estimate of drug-likeness (QED) is 0.853. The van der Waals surface area contributed by atoms with E-state index in [4.69, 9.17) is 9.47 Å². The summed E-state index contributed by atoms with van der Waals surface area (Å²) in [5, 5.41) is 7.48. The highest BCUT2D eigenvalue weighted by Gasteiger charge is 2.43. The van der Waals surface area contributed by atoms with Gasteiger partial charge in [-0.25, -0.2) is 4.98 Å². The van der Waals surface area contributed by atoms with Gasteiger partial charge in [-0.1, -0.05) is 0 Å². The van der Waals surface area contributed by atoms with Crippen LogP contribution in [0.2, 0.25) is 0 Å². The van der Waals surface area contributed by atoms with E-state index in [9.17, 15) is 0 Å². The Kier molecular flexibility index (Phi) is 4.43. The molecule has 0 radical (unpaired) electrons. The van der Waals surface area contributed by atoms with Crippen LogP contribution in [-0.2, 0) is 22.6 Å². The first kappa shape index (κ1) is 15.3. The van der Waals surface area contributed by atoms with Gasteiger partial charge in [0, 0.05) is 37.1 Å². The number of hydrogen-bond acceptors (Lipinski definition) is 6. The first-order valence-corrected chi connectivity index (χ1v) is 9.03. The van der Waals surface area contributed by atoms with Crippen LogP contribution < -0.4 is 0 Å². The van der Waals surface area contributed by atoms with Crippen LogP contribution in [-0.4, -0.2) is 57.7 Å². The van der Waals surface area contributed by atoms with E-state index in [2.05, 4.69) is 15.0 Å². The zero-order valence-electron chi connectivity index (χ0n) is 13.1. The fourth-order valence-electron chi connectivity index (χ4n) is 3.50. The van der Waals surface area contributed by atoms with Crippen LogP contribution in [0.15, 0.2) is 30.0 Å². The standard InChI is InChI=1S/C16H22N4O2S/c1-4-18-20(6-1)10-14-2-3-16(22-14)12-19(7-8-21-13-16)11-15-17-5-9-23-15/h1,4-6,9,14H,2-3,7-8,10-13H2/t14-,16-/m1/s1. The maximum absolute atomic E-state index is 6.45. The molecule has 2 aromatic heterocycles. The molecule has 0 aliphatic carbocycles. The lowest BCUT2D eigenvalue weighted by Gasteiger charge is -2.31. The van der Waals surface area contributed by atoms with Crippen molar-refractivity contribution in [1.29, 1.82) is 0 Å². The Balaban J connectivity index is 1.40. The van der Waals surface area contributed by atoms with Crippen LogP contribution >= 0.6 is 11.3 Å². The second-order valence-electron chi connectivity index (χ2n) is 6.38. The van der Waals surface area contributed by atoms with E-state index in [1.54, 1.807) is 11.3 Å². The van der Waals surface area contributed by atoms with Crippen molar-refractivity contribution in [3.63, 3.8) is 0 Å². The van der Waals surface area contributed by atoms with Crippen LogP contribution in [0.4, 0.5) is 0 Å². The largest absolute Gasteiger partial charge is 0.377 e. The van der Waals surface area contributed by atoms with Crippen LogP contribution in [0.25, 0.3) is 0 Å². The van der Waals surface area contributed by atoms with E-state index in [-0.39, 0.29) is 11.7 Å². The van der Waals surface area contributed by atoms with E-state index < -0.39 is 0 Å². The molecule has 2 aromatic rings. The minimum Gasteiger partial charge on any atom is -0.377 e. The van der Waals surface area contributed by atoms with Crippen molar-refractivity contribution in [3.05, 3.63) is 35.0 Å². The normalized spacial score (nSPS) is 29.1. The number of nitrogens with zero attached hydrogens (tertiary/aromatic N) is 4. The molecule has 1 spiro atoms. The summed E-state index contributed by atoms with van der Waals surface area (Å²) in [6.07, 6.45) is 8.01.